The Morgan fingerprint density at radius 2 is 1.85 bits per heavy atom. The van der Waals surface area contributed by atoms with Crippen molar-refractivity contribution in [2.45, 2.75) is 13.5 Å². The number of aryl methyl sites for hydroxylation is 2. The molecular weight excluding hydrogens is 253 g/mol. The molecule has 0 radical (unpaired) electrons. The van der Waals surface area contributed by atoms with Crippen LogP contribution in [0.25, 0.3) is 10.9 Å². The summed E-state index contributed by atoms with van der Waals surface area (Å²) in [5.41, 5.74) is 3.58. The summed E-state index contributed by atoms with van der Waals surface area (Å²) in [6, 6.07) is 12.4. The molecule has 0 aliphatic heterocycles. The lowest BCUT2D eigenvalue weighted by Gasteiger charge is -2.06. The Labute approximate surface area is 117 Å². The Morgan fingerprint density at radius 1 is 1.10 bits per heavy atom. The van der Waals surface area contributed by atoms with Crippen molar-refractivity contribution in [1.82, 2.24) is 4.57 Å². The molecule has 0 unspecified atom stereocenters. The van der Waals surface area contributed by atoms with E-state index < -0.39 is 0 Å². The quantitative estimate of drug-likeness (QED) is 0.695. The van der Waals surface area contributed by atoms with Crippen LogP contribution in [0.3, 0.4) is 0 Å². The molecule has 0 bridgehead atoms. The maximum absolute atomic E-state index is 12.9. The van der Waals surface area contributed by atoms with Crippen LogP contribution in [0.4, 0.5) is 4.39 Å². The third-order valence-corrected chi connectivity index (χ3v) is 3.51. The van der Waals surface area contributed by atoms with Crippen LogP contribution < -0.4 is 4.74 Å². The lowest BCUT2D eigenvalue weighted by molar-refractivity contribution is 0.307. The SMILES string of the molecule is Cc1cccc2c1c(COc1ccc(F)cc1)cn2C. The number of fused-ring (bicyclic) bond motifs is 1. The Balaban J connectivity index is 1.89. The van der Waals surface area contributed by atoms with Gasteiger partial charge in [-0.1, -0.05) is 12.1 Å². The maximum atomic E-state index is 12.9. The molecule has 3 rings (SSSR count). The average Bonchev–Trinajstić information content (AvgIpc) is 2.77. The normalized spacial score (nSPS) is 10.9. The summed E-state index contributed by atoms with van der Waals surface area (Å²) in [4.78, 5) is 0. The fourth-order valence-electron chi connectivity index (χ4n) is 2.53. The van der Waals surface area contributed by atoms with Crippen molar-refractivity contribution in [1.29, 1.82) is 0 Å². The summed E-state index contributed by atoms with van der Waals surface area (Å²) in [5, 5.41) is 1.23. The van der Waals surface area contributed by atoms with Crippen LogP contribution in [0.1, 0.15) is 11.1 Å². The first kappa shape index (κ1) is 12.7. The smallest absolute Gasteiger partial charge is 0.123 e. The molecule has 0 aliphatic carbocycles. The molecule has 2 aromatic carbocycles. The van der Waals surface area contributed by atoms with E-state index in [1.54, 1.807) is 12.1 Å². The molecule has 0 fully saturated rings. The number of rotatable bonds is 3. The third kappa shape index (κ3) is 2.27. The highest BCUT2D eigenvalue weighted by Gasteiger charge is 2.09. The number of ether oxygens (including phenoxy) is 1. The van der Waals surface area contributed by atoms with Gasteiger partial charge in [-0.2, -0.15) is 0 Å². The zero-order chi connectivity index (χ0) is 14.1. The summed E-state index contributed by atoms with van der Waals surface area (Å²) in [6.07, 6.45) is 2.08. The van der Waals surface area contributed by atoms with Crippen LogP contribution in [0, 0.1) is 12.7 Å². The number of benzene rings is 2. The maximum Gasteiger partial charge on any atom is 0.123 e. The van der Waals surface area contributed by atoms with Gasteiger partial charge in [-0.3, -0.25) is 0 Å². The zero-order valence-corrected chi connectivity index (χ0v) is 11.6. The molecule has 0 atom stereocenters. The van der Waals surface area contributed by atoms with E-state index in [0.29, 0.717) is 12.4 Å². The van der Waals surface area contributed by atoms with Crippen molar-refractivity contribution in [2.75, 3.05) is 0 Å². The van der Waals surface area contributed by atoms with Gasteiger partial charge < -0.3 is 9.30 Å². The Kier molecular flexibility index (Phi) is 3.18. The molecule has 3 aromatic rings. The molecular formula is C17H16FNO. The van der Waals surface area contributed by atoms with Crippen molar-refractivity contribution in [3.05, 3.63) is 65.6 Å². The highest BCUT2D eigenvalue weighted by molar-refractivity contribution is 5.87. The number of nitrogens with zero attached hydrogens (tertiary/aromatic N) is 1. The summed E-state index contributed by atoms with van der Waals surface area (Å²) in [5.74, 6) is 0.426. The number of aromatic nitrogens is 1. The van der Waals surface area contributed by atoms with E-state index in [2.05, 4.69) is 35.9 Å². The fraction of sp³-hybridized carbons (Fsp3) is 0.176. The van der Waals surface area contributed by atoms with Gasteiger partial charge in [-0.05, 0) is 42.8 Å². The first-order chi connectivity index (χ1) is 9.65. The summed E-state index contributed by atoms with van der Waals surface area (Å²) >= 11 is 0. The summed E-state index contributed by atoms with van der Waals surface area (Å²) < 4.78 is 20.7. The van der Waals surface area contributed by atoms with Crippen LogP contribution >= 0.6 is 0 Å². The van der Waals surface area contributed by atoms with Crippen molar-refractivity contribution >= 4 is 10.9 Å². The van der Waals surface area contributed by atoms with Crippen LogP contribution in [-0.2, 0) is 13.7 Å². The molecule has 102 valence electrons. The second-order valence-electron chi connectivity index (χ2n) is 4.98. The number of halogens is 1. The Hall–Kier alpha value is -2.29. The van der Waals surface area contributed by atoms with E-state index in [1.807, 2.05) is 7.05 Å². The van der Waals surface area contributed by atoms with Crippen LogP contribution in [0.2, 0.25) is 0 Å². The minimum atomic E-state index is -0.252. The van der Waals surface area contributed by atoms with E-state index in [1.165, 1.54) is 28.6 Å². The standard InChI is InChI=1S/C17H16FNO/c1-12-4-3-5-16-17(12)13(10-19(16)2)11-20-15-8-6-14(18)7-9-15/h3-10H,11H2,1-2H3. The van der Waals surface area contributed by atoms with Crippen molar-refractivity contribution in [3.8, 4) is 5.75 Å². The molecule has 0 N–H and O–H groups in total. The second-order valence-corrected chi connectivity index (χ2v) is 4.98. The molecule has 0 aliphatic rings. The second kappa shape index (κ2) is 5.00. The number of hydrogen-bond donors (Lipinski definition) is 0. The van der Waals surface area contributed by atoms with Crippen LogP contribution in [0.15, 0.2) is 48.7 Å². The molecule has 0 amide bonds. The van der Waals surface area contributed by atoms with Gasteiger partial charge in [-0.25, -0.2) is 4.39 Å². The van der Waals surface area contributed by atoms with Gasteiger partial charge in [-0.15, -0.1) is 0 Å². The topological polar surface area (TPSA) is 14.2 Å². The van der Waals surface area contributed by atoms with E-state index in [-0.39, 0.29) is 5.82 Å². The number of hydrogen-bond acceptors (Lipinski definition) is 1. The van der Waals surface area contributed by atoms with Gasteiger partial charge in [0, 0.05) is 29.7 Å². The van der Waals surface area contributed by atoms with Crippen LogP contribution in [-0.4, -0.2) is 4.57 Å². The predicted octanol–water partition coefficient (Wildman–Crippen LogP) is 4.20. The highest BCUT2D eigenvalue weighted by Crippen LogP contribution is 2.25. The summed E-state index contributed by atoms with van der Waals surface area (Å²) in [7, 11) is 2.03. The van der Waals surface area contributed by atoms with Gasteiger partial charge in [0.2, 0.25) is 0 Å². The first-order valence-corrected chi connectivity index (χ1v) is 6.57. The van der Waals surface area contributed by atoms with E-state index in [9.17, 15) is 4.39 Å². The van der Waals surface area contributed by atoms with Gasteiger partial charge in [0.1, 0.15) is 18.2 Å². The van der Waals surface area contributed by atoms with E-state index in [4.69, 9.17) is 4.74 Å². The lowest BCUT2D eigenvalue weighted by atomic mass is 10.1. The Bertz CT molecular complexity index is 744. The lowest BCUT2D eigenvalue weighted by Crippen LogP contribution is -1.95. The minimum absolute atomic E-state index is 0.252. The van der Waals surface area contributed by atoms with E-state index >= 15 is 0 Å². The molecule has 1 heterocycles. The first-order valence-electron chi connectivity index (χ1n) is 6.57. The van der Waals surface area contributed by atoms with Crippen LogP contribution in [0.5, 0.6) is 5.75 Å². The molecule has 1 aromatic heterocycles. The van der Waals surface area contributed by atoms with Crippen molar-refractivity contribution in [2.24, 2.45) is 7.05 Å². The highest BCUT2D eigenvalue weighted by atomic mass is 19.1. The molecule has 2 nitrogen and oxygen atoms in total. The predicted molar refractivity (Wildman–Crippen MR) is 78.4 cm³/mol. The molecule has 20 heavy (non-hydrogen) atoms. The monoisotopic (exact) mass is 269 g/mol. The molecule has 0 saturated heterocycles. The van der Waals surface area contributed by atoms with Gasteiger partial charge in [0.25, 0.3) is 0 Å². The summed E-state index contributed by atoms with van der Waals surface area (Å²) in [6.45, 7) is 2.58. The minimum Gasteiger partial charge on any atom is -0.489 e. The zero-order valence-electron chi connectivity index (χ0n) is 11.6. The molecule has 0 saturated carbocycles. The average molecular weight is 269 g/mol. The largest absolute Gasteiger partial charge is 0.489 e. The fourth-order valence-corrected chi connectivity index (χ4v) is 2.53. The van der Waals surface area contributed by atoms with Gasteiger partial charge >= 0.3 is 0 Å². The van der Waals surface area contributed by atoms with Gasteiger partial charge in [0.05, 0.1) is 0 Å². The van der Waals surface area contributed by atoms with Gasteiger partial charge in [0.15, 0.2) is 0 Å². The molecule has 0 spiro atoms. The van der Waals surface area contributed by atoms with Crippen molar-refractivity contribution in [3.63, 3.8) is 0 Å². The third-order valence-electron chi connectivity index (χ3n) is 3.51. The van der Waals surface area contributed by atoms with Crippen molar-refractivity contribution < 1.29 is 9.13 Å². The Morgan fingerprint density at radius 3 is 2.60 bits per heavy atom. The molecule has 3 heteroatoms. The van der Waals surface area contributed by atoms with E-state index in [0.717, 1.165) is 5.56 Å².